The van der Waals surface area contributed by atoms with Crippen LogP contribution in [0, 0.1) is 6.92 Å². The van der Waals surface area contributed by atoms with Crippen LogP contribution in [0.5, 0.6) is 0 Å². The van der Waals surface area contributed by atoms with Crippen LogP contribution in [0.1, 0.15) is 35.7 Å². The number of hydrogen-bond acceptors (Lipinski definition) is 4. The summed E-state index contributed by atoms with van der Waals surface area (Å²) in [6.45, 7) is 5.10. The van der Waals surface area contributed by atoms with Gasteiger partial charge >= 0.3 is 0 Å². The number of hydrogen-bond donors (Lipinski definition) is 2. The van der Waals surface area contributed by atoms with E-state index in [0.717, 1.165) is 25.2 Å². The van der Waals surface area contributed by atoms with Crippen LogP contribution in [-0.2, 0) is 11.3 Å². The van der Waals surface area contributed by atoms with Crippen LogP contribution < -0.4 is 5.48 Å². The van der Waals surface area contributed by atoms with Crippen molar-refractivity contribution >= 4 is 12.0 Å². The van der Waals surface area contributed by atoms with Gasteiger partial charge in [0.1, 0.15) is 0 Å². The van der Waals surface area contributed by atoms with E-state index >= 15 is 0 Å². The second kappa shape index (κ2) is 8.09. The summed E-state index contributed by atoms with van der Waals surface area (Å²) in [5.41, 5.74) is 5.02. The van der Waals surface area contributed by atoms with Crippen molar-refractivity contribution in [3.05, 3.63) is 59.4 Å². The summed E-state index contributed by atoms with van der Waals surface area (Å²) in [6.07, 6.45) is 7.22. The molecular formula is C19H24N4O2. The van der Waals surface area contributed by atoms with Gasteiger partial charge in [-0.2, -0.15) is 5.10 Å². The van der Waals surface area contributed by atoms with Crippen molar-refractivity contribution in [2.75, 3.05) is 13.1 Å². The Hall–Kier alpha value is -2.44. The Morgan fingerprint density at radius 2 is 2.12 bits per heavy atom. The molecule has 0 radical (unpaired) electrons. The van der Waals surface area contributed by atoms with Crippen molar-refractivity contribution in [2.45, 2.75) is 32.4 Å². The molecule has 1 aromatic carbocycles. The quantitative estimate of drug-likeness (QED) is 0.482. The van der Waals surface area contributed by atoms with E-state index in [4.69, 9.17) is 5.21 Å². The molecule has 1 aromatic heterocycles. The topological polar surface area (TPSA) is 70.4 Å². The standard InChI is InChI=1S/C19H24N4O2/c1-15-10-11-20-23(15)14-13-22-12-2-3-18(22)17-7-4-16(5-8-17)6-9-19(24)21-25/h4-11,18,25H,2-3,12-14H2,1H3,(H,21,24)/b9-6+. The zero-order valence-electron chi connectivity index (χ0n) is 14.4. The molecule has 0 bridgehead atoms. The van der Waals surface area contributed by atoms with Crippen molar-refractivity contribution in [1.82, 2.24) is 20.2 Å². The lowest BCUT2D eigenvalue weighted by Crippen LogP contribution is -2.27. The normalized spacial score (nSPS) is 18.1. The van der Waals surface area contributed by atoms with Crippen LogP contribution in [0.3, 0.4) is 0 Å². The lowest BCUT2D eigenvalue weighted by atomic mass is 10.0. The summed E-state index contributed by atoms with van der Waals surface area (Å²) < 4.78 is 2.05. The minimum absolute atomic E-state index is 0.439. The smallest absolute Gasteiger partial charge is 0.267 e. The number of rotatable bonds is 6. The van der Waals surface area contributed by atoms with Gasteiger partial charge in [0, 0.05) is 30.6 Å². The number of carbonyl (C=O) groups is 1. The number of hydroxylamine groups is 1. The van der Waals surface area contributed by atoms with Gasteiger partial charge in [-0.25, -0.2) is 5.48 Å². The fraction of sp³-hybridized carbons (Fsp3) is 0.368. The molecule has 6 nitrogen and oxygen atoms in total. The molecule has 1 saturated heterocycles. The van der Waals surface area contributed by atoms with Gasteiger partial charge < -0.3 is 0 Å². The predicted molar refractivity (Wildman–Crippen MR) is 95.9 cm³/mol. The number of aromatic nitrogens is 2. The minimum atomic E-state index is -0.528. The molecule has 3 rings (SSSR count). The molecule has 1 fully saturated rings. The monoisotopic (exact) mass is 340 g/mol. The Labute approximate surface area is 147 Å². The van der Waals surface area contributed by atoms with E-state index in [1.165, 1.54) is 30.2 Å². The first kappa shape index (κ1) is 17.4. The van der Waals surface area contributed by atoms with E-state index in [2.05, 4.69) is 33.7 Å². The second-order valence-corrected chi connectivity index (χ2v) is 6.37. The molecule has 25 heavy (non-hydrogen) atoms. The highest BCUT2D eigenvalue weighted by atomic mass is 16.5. The van der Waals surface area contributed by atoms with Crippen LogP contribution in [0.15, 0.2) is 42.6 Å². The highest BCUT2D eigenvalue weighted by molar-refractivity contribution is 5.90. The van der Waals surface area contributed by atoms with Crippen LogP contribution >= 0.6 is 0 Å². The largest absolute Gasteiger partial charge is 0.294 e. The third-order valence-corrected chi connectivity index (χ3v) is 4.75. The van der Waals surface area contributed by atoms with E-state index in [-0.39, 0.29) is 0 Å². The molecule has 1 atom stereocenters. The Balaban J connectivity index is 1.62. The highest BCUT2D eigenvalue weighted by Gasteiger charge is 2.25. The highest BCUT2D eigenvalue weighted by Crippen LogP contribution is 2.31. The van der Waals surface area contributed by atoms with Gasteiger partial charge in [-0.1, -0.05) is 24.3 Å². The number of nitrogens with one attached hydrogen (secondary N) is 1. The summed E-state index contributed by atoms with van der Waals surface area (Å²) in [7, 11) is 0. The molecule has 0 aliphatic carbocycles. The Bertz CT molecular complexity index is 736. The van der Waals surface area contributed by atoms with E-state index in [1.54, 1.807) is 11.6 Å². The third-order valence-electron chi connectivity index (χ3n) is 4.75. The van der Waals surface area contributed by atoms with E-state index in [0.29, 0.717) is 6.04 Å². The Morgan fingerprint density at radius 1 is 1.32 bits per heavy atom. The summed E-state index contributed by atoms with van der Waals surface area (Å²) >= 11 is 0. The first-order valence-electron chi connectivity index (χ1n) is 8.62. The summed E-state index contributed by atoms with van der Waals surface area (Å²) in [4.78, 5) is 13.6. The molecule has 2 aromatic rings. The fourth-order valence-electron chi connectivity index (χ4n) is 3.37. The van der Waals surface area contributed by atoms with Gasteiger partial charge in [-0.05, 0) is 49.6 Å². The number of nitrogens with zero attached hydrogens (tertiary/aromatic N) is 3. The van der Waals surface area contributed by atoms with Crippen molar-refractivity contribution in [3.63, 3.8) is 0 Å². The van der Waals surface area contributed by atoms with Crippen LogP contribution in [-0.4, -0.2) is 38.9 Å². The zero-order chi connectivity index (χ0) is 17.6. The van der Waals surface area contributed by atoms with Gasteiger partial charge in [0.15, 0.2) is 0 Å². The number of amides is 1. The minimum Gasteiger partial charge on any atom is -0.294 e. The number of benzene rings is 1. The van der Waals surface area contributed by atoms with Crippen molar-refractivity contribution in [1.29, 1.82) is 0 Å². The van der Waals surface area contributed by atoms with Gasteiger partial charge in [-0.3, -0.25) is 19.6 Å². The van der Waals surface area contributed by atoms with Crippen LogP contribution in [0.4, 0.5) is 0 Å². The first-order chi connectivity index (χ1) is 12.2. The first-order valence-corrected chi connectivity index (χ1v) is 8.62. The lowest BCUT2D eigenvalue weighted by molar-refractivity contribution is -0.124. The van der Waals surface area contributed by atoms with E-state index in [9.17, 15) is 4.79 Å². The molecule has 1 aliphatic rings. The molecule has 0 saturated carbocycles. The second-order valence-electron chi connectivity index (χ2n) is 6.37. The maximum Gasteiger partial charge on any atom is 0.267 e. The summed E-state index contributed by atoms with van der Waals surface area (Å²) in [6, 6.07) is 10.7. The molecular weight excluding hydrogens is 316 g/mol. The Kier molecular flexibility index (Phi) is 5.63. The molecule has 2 heterocycles. The van der Waals surface area contributed by atoms with Crippen LogP contribution in [0.2, 0.25) is 0 Å². The van der Waals surface area contributed by atoms with Gasteiger partial charge in [0.25, 0.3) is 5.91 Å². The van der Waals surface area contributed by atoms with Gasteiger partial charge in [0.05, 0.1) is 6.54 Å². The summed E-state index contributed by atoms with van der Waals surface area (Å²) in [5.74, 6) is -0.528. The maximum atomic E-state index is 11.0. The molecule has 1 aliphatic heterocycles. The number of carbonyl (C=O) groups excluding carboxylic acids is 1. The van der Waals surface area contributed by atoms with Gasteiger partial charge in [0.2, 0.25) is 0 Å². The molecule has 1 unspecified atom stereocenters. The fourth-order valence-corrected chi connectivity index (χ4v) is 3.37. The number of aryl methyl sites for hydroxylation is 1. The molecule has 6 heteroatoms. The third kappa shape index (κ3) is 4.35. The SMILES string of the molecule is Cc1ccnn1CCN1CCCC1c1ccc(/C=C/C(=O)NO)cc1. The predicted octanol–water partition coefficient (Wildman–Crippen LogP) is 2.55. The van der Waals surface area contributed by atoms with Crippen LogP contribution in [0.25, 0.3) is 6.08 Å². The molecule has 132 valence electrons. The summed E-state index contributed by atoms with van der Waals surface area (Å²) in [5, 5.41) is 12.9. The lowest BCUT2D eigenvalue weighted by Gasteiger charge is -2.25. The molecule has 1 amide bonds. The van der Waals surface area contributed by atoms with E-state index in [1.807, 2.05) is 24.4 Å². The zero-order valence-corrected chi connectivity index (χ0v) is 14.4. The van der Waals surface area contributed by atoms with Crippen molar-refractivity contribution in [2.24, 2.45) is 0 Å². The molecule has 0 spiro atoms. The molecule has 2 N–H and O–H groups in total. The van der Waals surface area contributed by atoms with Gasteiger partial charge in [-0.15, -0.1) is 0 Å². The van der Waals surface area contributed by atoms with Crippen molar-refractivity contribution in [3.8, 4) is 0 Å². The van der Waals surface area contributed by atoms with E-state index < -0.39 is 5.91 Å². The maximum absolute atomic E-state index is 11.0. The average molecular weight is 340 g/mol. The Morgan fingerprint density at radius 3 is 2.80 bits per heavy atom. The number of likely N-dealkylation sites (tertiary alicyclic amines) is 1. The average Bonchev–Trinajstić information content (AvgIpc) is 3.27. The van der Waals surface area contributed by atoms with Crippen molar-refractivity contribution < 1.29 is 10.0 Å².